The SMILES string of the molecule is CNC1CCOCC1.Cc1ccc(C=O)c(C)c1. The van der Waals surface area contributed by atoms with Crippen molar-refractivity contribution in [3.05, 3.63) is 34.9 Å². The van der Waals surface area contributed by atoms with E-state index in [1.807, 2.05) is 39.1 Å². The summed E-state index contributed by atoms with van der Waals surface area (Å²) in [7, 11) is 2.01. The maximum Gasteiger partial charge on any atom is 0.150 e. The van der Waals surface area contributed by atoms with Crippen LogP contribution in [0, 0.1) is 13.8 Å². The first-order valence-electron chi connectivity index (χ1n) is 6.44. The first-order chi connectivity index (χ1) is 8.67. The highest BCUT2D eigenvalue weighted by Gasteiger charge is 2.09. The molecule has 18 heavy (non-hydrogen) atoms. The monoisotopic (exact) mass is 249 g/mol. The van der Waals surface area contributed by atoms with Crippen molar-refractivity contribution in [2.24, 2.45) is 0 Å². The fourth-order valence-corrected chi connectivity index (χ4v) is 1.94. The molecular formula is C15H23NO2. The molecule has 1 aromatic carbocycles. The number of carbonyl (C=O) groups excluding carboxylic acids is 1. The van der Waals surface area contributed by atoms with Gasteiger partial charge in [0.15, 0.2) is 0 Å². The first-order valence-corrected chi connectivity index (χ1v) is 6.44. The zero-order valence-electron chi connectivity index (χ0n) is 11.5. The number of aryl methyl sites for hydroxylation is 2. The largest absolute Gasteiger partial charge is 0.381 e. The summed E-state index contributed by atoms with van der Waals surface area (Å²) in [5.41, 5.74) is 3.03. The highest BCUT2D eigenvalue weighted by atomic mass is 16.5. The second kappa shape index (κ2) is 8.01. The molecule has 0 atom stereocenters. The predicted octanol–water partition coefficient (Wildman–Crippen LogP) is 2.50. The van der Waals surface area contributed by atoms with Crippen molar-refractivity contribution >= 4 is 6.29 Å². The smallest absolute Gasteiger partial charge is 0.150 e. The summed E-state index contributed by atoms with van der Waals surface area (Å²) < 4.78 is 5.16. The molecule has 1 saturated heterocycles. The molecule has 0 saturated carbocycles. The molecule has 2 rings (SSSR count). The summed E-state index contributed by atoms with van der Waals surface area (Å²) in [4.78, 5) is 10.3. The Morgan fingerprint density at radius 1 is 1.28 bits per heavy atom. The summed E-state index contributed by atoms with van der Waals surface area (Å²) in [6.07, 6.45) is 3.24. The van der Waals surface area contributed by atoms with Crippen LogP contribution >= 0.6 is 0 Å². The molecule has 0 bridgehead atoms. The van der Waals surface area contributed by atoms with Crippen molar-refractivity contribution in [1.29, 1.82) is 0 Å². The van der Waals surface area contributed by atoms with Gasteiger partial charge in [0.25, 0.3) is 0 Å². The summed E-state index contributed by atoms with van der Waals surface area (Å²) >= 11 is 0. The molecule has 1 fully saturated rings. The predicted molar refractivity (Wildman–Crippen MR) is 74.2 cm³/mol. The van der Waals surface area contributed by atoms with Crippen molar-refractivity contribution < 1.29 is 9.53 Å². The van der Waals surface area contributed by atoms with Crippen LogP contribution < -0.4 is 5.32 Å². The maximum atomic E-state index is 10.3. The van der Waals surface area contributed by atoms with E-state index in [0.29, 0.717) is 6.04 Å². The van der Waals surface area contributed by atoms with E-state index in [4.69, 9.17) is 4.74 Å². The van der Waals surface area contributed by atoms with Gasteiger partial charge in [-0.25, -0.2) is 0 Å². The number of hydrogen-bond acceptors (Lipinski definition) is 3. The van der Waals surface area contributed by atoms with Crippen LogP contribution in [0.3, 0.4) is 0 Å². The van der Waals surface area contributed by atoms with Crippen LogP contribution in [0.25, 0.3) is 0 Å². The number of aldehydes is 1. The standard InChI is InChI=1S/C9H10O.C6H13NO/c1-7-3-4-9(6-10)8(2)5-7;1-7-6-2-4-8-5-3-6/h3-6H,1-2H3;6-7H,2-5H2,1H3. The van der Waals surface area contributed by atoms with Gasteiger partial charge in [0, 0.05) is 24.8 Å². The molecule has 1 aliphatic rings. The van der Waals surface area contributed by atoms with E-state index in [2.05, 4.69) is 5.32 Å². The first kappa shape index (κ1) is 14.9. The molecule has 0 amide bonds. The lowest BCUT2D eigenvalue weighted by Crippen LogP contribution is -2.31. The Kier molecular flexibility index (Phi) is 6.61. The number of carbonyl (C=O) groups is 1. The lowest BCUT2D eigenvalue weighted by Gasteiger charge is -2.20. The molecule has 1 aliphatic heterocycles. The number of benzene rings is 1. The second-order valence-electron chi connectivity index (χ2n) is 4.65. The quantitative estimate of drug-likeness (QED) is 0.818. The third kappa shape index (κ3) is 4.98. The van der Waals surface area contributed by atoms with Gasteiger partial charge in [0.1, 0.15) is 6.29 Å². The van der Waals surface area contributed by atoms with Crippen LogP contribution in [-0.2, 0) is 4.74 Å². The molecule has 0 spiro atoms. The Bertz CT molecular complexity index is 371. The molecule has 1 aromatic rings. The molecule has 3 heteroatoms. The molecule has 3 nitrogen and oxygen atoms in total. The molecule has 0 unspecified atom stereocenters. The van der Waals surface area contributed by atoms with E-state index in [1.165, 1.54) is 18.4 Å². The molecule has 100 valence electrons. The van der Waals surface area contributed by atoms with Gasteiger partial charge >= 0.3 is 0 Å². The van der Waals surface area contributed by atoms with Crippen molar-refractivity contribution in [1.82, 2.24) is 5.32 Å². The van der Waals surface area contributed by atoms with Crippen LogP contribution in [0.5, 0.6) is 0 Å². The van der Waals surface area contributed by atoms with Crippen molar-refractivity contribution in [3.63, 3.8) is 0 Å². The number of nitrogens with one attached hydrogen (secondary N) is 1. The Hall–Kier alpha value is -1.19. The Morgan fingerprint density at radius 3 is 2.39 bits per heavy atom. The Morgan fingerprint density at radius 2 is 1.94 bits per heavy atom. The van der Waals surface area contributed by atoms with Crippen LogP contribution in [0.4, 0.5) is 0 Å². The lowest BCUT2D eigenvalue weighted by atomic mass is 10.1. The van der Waals surface area contributed by atoms with E-state index < -0.39 is 0 Å². The van der Waals surface area contributed by atoms with Gasteiger partial charge in [-0.3, -0.25) is 4.79 Å². The molecule has 0 aromatic heterocycles. The van der Waals surface area contributed by atoms with Gasteiger partial charge in [-0.2, -0.15) is 0 Å². The van der Waals surface area contributed by atoms with Gasteiger partial charge < -0.3 is 10.1 Å². The topological polar surface area (TPSA) is 38.3 Å². The van der Waals surface area contributed by atoms with E-state index in [0.717, 1.165) is 30.6 Å². The fraction of sp³-hybridized carbons (Fsp3) is 0.533. The van der Waals surface area contributed by atoms with Gasteiger partial charge in [0.2, 0.25) is 0 Å². The summed E-state index contributed by atoms with van der Waals surface area (Å²) in [6, 6.07) is 6.50. The summed E-state index contributed by atoms with van der Waals surface area (Å²) in [5, 5.41) is 3.22. The molecule has 1 heterocycles. The minimum absolute atomic E-state index is 0.712. The lowest BCUT2D eigenvalue weighted by molar-refractivity contribution is 0.0799. The highest BCUT2D eigenvalue weighted by molar-refractivity contribution is 5.77. The maximum absolute atomic E-state index is 10.3. The van der Waals surface area contributed by atoms with Crippen LogP contribution in [0.15, 0.2) is 18.2 Å². The highest BCUT2D eigenvalue weighted by Crippen LogP contribution is 2.07. The second-order valence-corrected chi connectivity index (χ2v) is 4.65. The third-order valence-electron chi connectivity index (χ3n) is 3.18. The average Bonchev–Trinajstić information content (AvgIpc) is 2.40. The molecule has 0 radical (unpaired) electrons. The van der Waals surface area contributed by atoms with E-state index >= 15 is 0 Å². The van der Waals surface area contributed by atoms with Gasteiger partial charge in [-0.15, -0.1) is 0 Å². The Balaban J connectivity index is 0.000000184. The fourth-order valence-electron chi connectivity index (χ4n) is 1.94. The zero-order valence-corrected chi connectivity index (χ0v) is 11.5. The minimum Gasteiger partial charge on any atom is -0.381 e. The number of ether oxygens (including phenoxy) is 1. The van der Waals surface area contributed by atoms with E-state index in [-0.39, 0.29) is 0 Å². The molecule has 1 N–H and O–H groups in total. The molecule has 0 aliphatic carbocycles. The minimum atomic E-state index is 0.712. The third-order valence-corrected chi connectivity index (χ3v) is 3.18. The van der Waals surface area contributed by atoms with Crippen molar-refractivity contribution in [3.8, 4) is 0 Å². The van der Waals surface area contributed by atoms with Crippen LogP contribution in [0.2, 0.25) is 0 Å². The van der Waals surface area contributed by atoms with Gasteiger partial charge in [-0.1, -0.05) is 23.8 Å². The average molecular weight is 249 g/mol. The Labute approximate surface area is 110 Å². The van der Waals surface area contributed by atoms with E-state index in [9.17, 15) is 4.79 Å². The number of hydrogen-bond donors (Lipinski definition) is 1. The van der Waals surface area contributed by atoms with Gasteiger partial charge in [0.05, 0.1) is 0 Å². The summed E-state index contributed by atoms with van der Waals surface area (Å²) in [6.45, 7) is 5.83. The zero-order chi connectivity index (χ0) is 13.4. The van der Waals surface area contributed by atoms with Crippen molar-refractivity contribution in [2.45, 2.75) is 32.7 Å². The molecular weight excluding hydrogens is 226 g/mol. The number of rotatable bonds is 2. The van der Waals surface area contributed by atoms with Crippen LogP contribution in [-0.4, -0.2) is 32.6 Å². The van der Waals surface area contributed by atoms with Crippen molar-refractivity contribution in [2.75, 3.05) is 20.3 Å². The van der Waals surface area contributed by atoms with Gasteiger partial charge in [-0.05, 0) is 39.3 Å². The van der Waals surface area contributed by atoms with Crippen LogP contribution in [0.1, 0.15) is 34.3 Å². The summed E-state index contributed by atoms with van der Waals surface area (Å²) in [5.74, 6) is 0. The normalized spacial score (nSPS) is 15.7. The van der Waals surface area contributed by atoms with E-state index in [1.54, 1.807) is 0 Å².